The average Bonchev–Trinajstić information content (AvgIpc) is 2.81. The normalized spacial score (nSPS) is 14.3. The van der Waals surface area contributed by atoms with Crippen molar-refractivity contribution in [2.24, 2.45) is 5.92 Å². The topological polar surface area (TPSA) is 61.9 Å². The first-order valence-electron chi connectivity index (χ1n) is 11.6. The number of nitrogens with zero attached hydrogens (tertiary/aromatic N) is 2. The first kappa shape index (κ1) is 23.6. The standard InChI is InChI=1S/C26H35N3O3/c1-4-29(20(2)3)23-12-10-22(11-13-23)27-26(31)21-14-17-28(18-15-21)25(30)16-19-32-24-8-6-5-7-9-24/h5-13,20-21H,4,14-19H2,1-3H3,(H,27,31). The number of hydrogen-bond acceptors (Lipinski definition) is 4. The Kier molecular flexibility index (Phi) is 8.54. The number of carbonyl (C=O) groups is 2. The van der Waals surface area contributed by atoms with Gasteiger partial charge in [0.2, 0.25) is 11.8 Å². The number of carbonyl (C=O) groups excluding carboxylic acids is 2. The summed E-state index contributed by atoms with van der Waals surface area (Å²) in [4.78, 5) is 29.3. The molecule has 32 heavy (non-hydrogen) atoms. The van der Waals surface area contributed by atoms with Crippen LogP contribution in [0.25, 0.3) is 0 Å². The van der Waals surface area contributed by atoms with Crippen molar-refractivity contribution < 1.29 is 14.3 Å². The summed E-state index contributed by atoms with van der Waals surface area (Å²) in [5, 5.41) is 3.04. The fourth-order valence-electron chi connectivity index (χ4n) is 4.15. The van der Waals surface area contributed by atoms with Crippen LogP contribution in [0.4, 0.5) is 11.4 Å². The molecule has 0 spiro atoms. The van der Waals surface area contributed by atoms with E-state index in [9.17, 15) is 9.59 Å². The zero-order valence-electron chi connectivity index (χ0n) is 19.4. The molecule has 172 valence electrons. The number of ether oxygens (including phenoxy) is 1. The zero-order valence-corrected chi connectivity index (χ0v) is 19.4. The molecule has 0 radical (unpaired) electrons. The Morgan fingerprint density at radius 2 is 1.72 bits per heavy atom. The average molecular weight is 438 g/mol. The van der Waals surface area contributed by atoms with Crippen LogP contribution in [-0.2, 0) is 9.59 Å². The minimum atomic E-state index is -0.0675. The van der Waals surface area contributed by atoms with Gasteiger partial charge in [-0.15, -0.1) is 0 Å². The molecule has 0 aromatic heterocycles. The molecule has 3 rings (SSSR count). The van der Waals surface area contributed by atoms with Crippen molar-refractivity contribution in [1.82, 2.24) is 4.90 Å². The molecule has 0 saturated carbocycles. The maximum Gasteiger partial charge on any atom is 0.227 e. The first-order chi connectivity index (χ1) is 15.5. The number of hydrogen-bond donors (Lipinski definition) is 1. The fraction of sp³-hybridized carbons (Fsp3) is 0.462. The van der Waals surface area contributed by atoms with Crippen LogP contribution in [0.5, 0.6) is 5.75 Å². The molecule has 1 heterocycles. The SMILES string of the molecule is CCN(c1ccc(NC(=O)C2CCN(C(=O)CCOc3ccccc3)CC2)cc1)C(C)C. The highest BCUT2D eigenvalue weighted by molar-refractivity contribution is 5.93. The van der Waals surface area contributed by atoms with E-state index in [2.05, 4.69) is 43.1 Å². The highest BCUT2D eigenvalue weighted by Crippen LogP contribution is 2.23. The van der Waals surface area contributed by atoms with Gasteiger partial charge in [0.15, 0.2) is 0 Å². The van der Waals surface area contributed by atoms with E-state index in [1.165, 1.54) is 0 Å². The van der Waals surface area contributed by atoms with Gasteiger partial charge in [-0.3, -0.25) is 9.59 Å². The van der Waals surface area contributed by atoms with Gasteiger partial charge in [0.1, 0.15) is 5.75 Å². The molecule has 1 N–H and O–H groups in total. The molecule has 2 amide bonds. The Morgan fingerprint density at radius 3 is 2.31 bits per heavy atom. The molecule has 6 nitrogen and oxygen atoms in total. The third kappa shape index (κ3) is 6.49. The molecule has 1 aliphatic heterocycles. The largest absolute Gasteiger partial charge is 0.493 e. The van der Waals surface area contributed by atoms with Gasteiger partial charge in [-0.1, -0.05) is 18.2 Å². The number of benzene rings is 2. The maximum absolute atomic E-state index is 12.7. The first-order valence-corrected chi connectivity index (χ1v) is 11.6. The second-order valence-electron chi connectivity index (χ2n) is 8.48. The number of amides is 2. The molecular weight excluding hydrogens is 402 g/mol. The lowest BCUT2D eigenvalue weighted by molar-refractivity contribution is -0.135. The van der Waals surface area contributed by atoms with Gasteiger partial charge in [-0.2, -0.15) is 0 Å². The number of anilines is 2. The van der Waals surface area contributed by atoms with Crippen LogP contribution in [0.15, 0.2) is 54.6 Å². The molecule has 2 aromatic rings. The smallest absolute Gasteiger partial charge is 0.227 e. The van der Waals surface area contributed by atoms with Crippen molar-refractivity contribution in [3.05, 3.63) is 54.6 Å². The second kappa shape index (κ2) is 11.6. The lowest BCUT2D eigenvalue weighted by atomic mass is 9.95. The zero-order chi connectivity index (χ0) is 22.9. The van der Waals surface area contributed by atoms with Crippen LogP contribution in [0.1, 0.15) is 40.0 Å². The van der Waals surface area contributed by atoms with Crippen molar-refractivity contribution in [2.45, 2.75) is 46.1 Å². The molecule has 6 heteroatoms. The monoisotopic (exact) mass is 437 g/mol. The molecule has 1 saturated heterocycles. The lowest BCUT2D eigenvalue weighted by Gasteiger charge is -2.31. The van der Waals surface area contributed by atoms with Crippen molar-refractivity contribution in [2.75, 3.05) is 36.5 Å². The van der Waals surface area contributed by atoms with Gasteiger partial charge in [-0.25, -0.2) is 0 Å². The minimum absolute atomic E-state index is 0.0356. The van der Waals surface area contributed by atoms with Crippen molar-refractivity contribution in [3.63, 3.8) is 0 Å². The number of likely N-dealkylation sites (tertiary alicyclic amines) is 1. The van der Waals surface area contributed by atoms with Gasteiger partial charge >= 0.3 is 0 Å². The Morgan fingerprint density at radius 1 is 1.06 bits per heavy atom. The number of para-hydroxylation sites is 1. The summed E-state index contributed by atoms with van der Waals surface area (Å²) < 4.78 is 5.62. The van der Waals surface area contributed by atoms with Crippen LogP contribution in [-0.4, -0.2) is 49.0 Å². The molecule has 0 unspecified atom stereocenters. The van der Waals surface area contributed by atoms with E-state index >= 15 is 0 Å². The van der Waals surface area contributed by atoms with E-state index in [0.29, 0.717) is 45.0 Å². The molecule has 1 aliphatic rings. The van der Waals surface area contributed by atoms with Crippen LogP contribution in [0.3, 0.4) is 0 Å². The predicted octanol–water partition coefficient (Wildman–Crippen LogP) is 4.57. The summed E-state index contributed by atoms with van der Waals surface area (Å²) in [7, 11) is 0. The molecule has 0 bridgehead atoms. The molecule has 0 aliphatic carbocycles. The van der Waals surface area contributed by atoms with Crippen LogP contribution >= 0.6 is 0 Å². The molecule has 2 aromatic carbocycles. The van der Waals surface area contributed by atoms with E-state index in [1.807, 2.05) is 47.4 Å². The van der Waals surface area contributed by atoms with Crippen molar-refractivity contribution in [3.8, 4) is 5.75 Å². The summed E-state index contributed by atoms with van der Waals surface area (Å²) in [5.41, 5.74) is 1.97. The minimum Gasteiger partial charge on any atom is -0.493 e. The van der Waals surface area contributed by atoms with Gasteiger partial charge < -0.3 is 19.9 Å². The number of rotatable bonds is 9. The van der Waals surface area contributed by atoms with Crippen LogP contribution in [0.2, 0.25) is 0 Å². The third-order valence-corrected chi connectivity index (χ3v) is 5.98. The van der Waals surface area contributed by atoms with Crippen LogP contribution in [0, 0.1) is 5.92 Å². The van der Waals surface area contributed by atoms with E-state index in [-0.39, 0.29) is 17.7 Å². The number of nitrogens with one attached hydrogen (secondary N) is 1. The lowest BCUT2D eigenvalue weighted by Crippen LogP contribution is -2.41. The Labute approximate surface area is 191 Å². The number of piperidine rings is 1. The molecule has 1 fully saturated rings. The van der Waals surface area contributed by atoms with Gasteiger partial charge in [0.05, 0.1) is 13.0 Å². The summed E-state index contributed by atoms with van der Waals surface area (Å²) in [6.07, 6.45) is 1.72. The summed E-state index contributed by atoms with van der Waals surface area (Å²) in [6.45, 7) is 9.02. The van der Waals surface area contributed by atoms with Crippen molar-refractivity contribution >= 4 is 23.2 Å². The van der Waals surface area contributed by atoms with E-state index in [0.717, 1.165) is 23.7 Å². The van der Waals surface area contributed by atoms with Gasteiger partial charge in [0.25, 0.3) is 0 Å². The van der Waals surface area contributed by atoms with E-state index < -0.39 is 0 Å². The molecular formula is C26H35N3O3. The summed E-state index contributed by atoms with van der Waals surface area (Å²) in [5.74, 6) is 0.826. The fourth-order valence-corrected chi connectivity index (χ4v) is 4.15. The predicted molar refractivity (Wildman–Crippen MR) is 129 cm³/mol. The Hall–Kier alpha value is -3.02. The Balaban J connectivity index is 1.41. The van der Waals surface area contributed by atoms with Gasteiger partial charge in [0, 0.05) is 43.0 Å². The third-order valence-electron chi connectivity index (χ3n) is 5.98. The second-order valence-corrected chi connectivity index (χ2v) is 8.48. The van der Waals surface area contributed by atoms with E-state index in [4.69, 9.17) is 4.74 Å². The summed E-state index contributed by atoms with van der Waals surface area (Å²) in [6, 6.07) is 18.0. The highest BCUT2D eigenvalue weighted by Gasteiger charge is 2.27. The maximum atomic E-state index is 12.7. The molecule has 0 atom stereocenters. The van der Waals surface area contributed by atoms with Crippen LogP contribution < -0.4 is 15.0 Å². The van der Waals surface area contributed by atoms with E-state index in [1.54, 1.807) is 0 Å². The van der Waals surface area contributed by atoms with Crippen molar-refractivity contribution in [1.29, 1.82) is 0 Å². The Bertz CT molecular complexity index is 860. The summed E-state index contributed by atoms with van der Waals surface area (Å²) >= 11 is 0. The quantitative estimate of drug-likeness (QED) is 0.624. The van der Waals surface area contributed by atoms with Gasteiger partial charge in [-0.05, 0) is 70.0 Å². The highest BCUT2D eigenvalue weighted by atomic mass is 16.5.